The zero-order chi connectivity index (χ0) is 11.5. The molecular weight excluding hydrogens is 218 g/mol. The first-order chi connectivity index (χ1) is 6.94. The fourth-order valence-electron chi connectivity index (χ4n) is 1.03. The molecule has 5 N–H and O–H groups in total. The highest BCUT2D eigenvalue weighted by Crippen LogP contribution is 2.10. The van der Waals surface area contributed by atoms with Crippen molar-refractivity contribution < 1.29 is 8.42 Å². The summed E-state index contributed by atoms with van der Waals surface area (Å²) in [6.07, 6.45) is 1.48. The number of H-pyrrole nitrogens is 1. The predicted octanol–water partition coefficient (Wildman–Crippen LogP) is -0.477. The van der Waals surface area contributed by atoms with Crippen LogP contribution in [0.15, 0.2) is 6.20 Å². The van der Waals surface area contributed by atoms with Gasteiger partial charge in [-0.05, 0) is 13.8 Å². The first-order valence-electron chi connectivity index (χ1n) is 4.47. The molecule has 0 atom stereocenters. The Morgan fingerprint density at radius 3 is 2.80 bits per heavy atom. The van der Waals surface area contributed by atoms with Gasteiger partial charge in [-0.2, -0.15) is 18.2 Å². The Morgan fingerprint density at radius 2 is 2.27 bits per heavy atom. The third-order valence-corrected chi connectivity index (χ3v) is 2.82. The van der Waals surface area contributed by atoms with Crippen LogP contribution >= 0.6 is 0 Å². The highest BCUT2D eigenvalue weighted by Gasteiger charge is 2.14. The third-order valence-electron chi connectivity index (χ3n) is 1.57. The monoisotopic (exact) mass is 233 g/mol. The van der Waals surface area contributed by atoms with Crippen LogP contribution in [0, 0.1) is 0 Å². The Kier molecular flexibility index (Phi) is 3.66. The maximum absolute atomic E-state index is 11.5. The normalized spacial score (nSPS) is 12.0. The molecule has 1 rings (SSSR count). The van der Waals surface area contributed by atoms with E-state index in [2.05, 4.69) is 19.6 Å². The number of hydrogen-bond donors (Lipinski definition) is 4. The van der Waals surface area contributed by atoms with Crippen LogP contribution in [0.5, 0.6) is 0 Å². The average molecular weight is 233 g/mol. The van der Waals surface area contributed by atoms with Crippen LogP contribution in [0.1, 0.15) is 19.4 Å². The SMILES string of the molecule is CC(C)NS(=O)(=O)Nc1[nH]ncc1CN. The van der Waals surface area contributed by atoms with Crippen molar-refractivity contribution in [1.29, 1.82) is 0 Å². The molecule has 1 heterocycles. The van der Waals surface area contributed by atoms with Crippen molar-refractivity contribution >= 4 is 16.0 Å². The topological polar surface area (TPSA) is 113 Å². The lowest BCUT2D eigenvalue weighted by atomic mass is 10.3. The number of nitrogens with one attached hydrogen (secondary N) is 3. The Bertz CT molecular complexity index is 411. The van der Waals surface area contributed by atoms with E-state index in [1.165, 1.54) is 6.20 Å². The van der Waals surface area contributed by atoms with E-state index in [-0.39, 0.29) is 12.6 Å². The molecule has 0 fully saturated rings. The minimum atomic E-state index is -3.56. The van der Waals surface area contributed by atoms with Crippen LogP contribution in [0.2, 0.25) is 0 Å². The van der Waals surface area contributed by atoms with E-state index in [1.54, 1.807) is 13.8 Å². The van der Waals surface area contributed by atoms with Crippen molar-refractivity contribution in [2.24, 2.45) is 5.73 Å². The van der Waals surface area contributed by atoms with Gasteiger partial charge in [0.05, 0.1) is 6.20 Å². The largest absolute Gasteiger partial charge is 0.326 e. The smallest absolute Gasteiger partial charge is 0.300 e. The van der Waals surface area contributed by atoms with Crippen molar-refractivity contribution in [2.75, 3.05) is 4.72 Å². The summed E-state index contributed by atoms with van der Waals surface area (Å²) in [6, 6.07) is -0.174. The Balaban J connectivity index is 2.77. The molecule has 0 amide bonds. The third kappa shape index (κ3) is 3.50. The van der Waals surface area contributed by atoms with E-state index in [1.807, 2.05) is 0 Å². The van der Waals surface area contributed by atoms with E-state index < -0.39 is 10.2 Å². The number of nitrogens with two attached hydrogens (primary N) is 1. The van der Waals surface area contributed by atoms with Gasteiger partial charge in [0.2, 0.25) is 0 Å². The van der Waals surface area contributed by atoms with Crippen LogP contribution in [0.3, 0.4) is 0 Å². The van der Waals surface area contributed by atoms with Gasteiger partial charge in [-0.3, -0.25) is 9.82 Å². The molecular formula is C7H15N5O2S. The fourth-order valence-corrected chi connectivity index (χ4v) is 2.15. The molecule has 0 unspecified atom stereocenters. The van der Waals surface area contributed by atoms with Gasteiger partial charge in [0, 0.05) is 18.2 Å². The minimum absolute atomic E-state index is 0.174. The van der Waals surface area contributed by atoms with E-state index in [9.17, 15) is 8.42 Å². The van der Waals surface area contributed by atoms with Gasteiger partial charge in [-0.25, -0.2) is 0 Å². The number of hydrogen-bond acceptors (Lipinski definition) is 4. The summed E-state index contributed by atoms with van der Waals surface area (Å²) in [5.41, 5.74) is 6.01. The van der Waals surface area contributed by atoms with Crippen molar-refractivity contribution in [2.45, 2.75) is 26.4 Å². The maximum atomic E-state index is 11.5. The molecule has 0 radical (unpaired) electrons. The summed E-state index contributed by atoms with van der Waals surface area (Å²) in [5.74, 6) is 0.297. The maximum Gasteiger partial charge on any atom is 0.300 e. The Morgan fingerprint density at radius 1 is 1.60 bits per heavy atom. The van der Waals surface area contributed by atoms with Crippen molar-refractivity contribution in [3.05, 3.63) is 11.8 Å². The zero-order valence-corrected chi connectivity index (χ0v) is 9.43. The second-order valence-electron chi connectivity index (χ2n) is 3.35. The first kappa shape index (κ1) is 12.0. The molecule has 0 saturated heterocycles. The summed E-state index contributed by atoms with van der Waals surface area (Å²) in [4.78, 5) is 0. The molecule has 8 heteroatoms. The highest BCUT2D eigenvalue weighted by atomic mass is 32.2. The van der Waals surface area contributed by atoms with E-state index in [0.29, 0.717) is 11.4 Å². The van der Waals surface area contributed by atoms with Gasteiger partial charge in [0.1, 0.15) is 5.82 Å². The summed E-state index contributed by atoms with van der Waals surface area (Å²) in [6.45, 7) is 3.68. The van der Waals surface area contributed by atoms with Crippen LogP contribution < -0.4 is 15.2 Å². The van der Waals surface area contributed by atoms with Gasteiger partial charge >= 0.3 is 0 Å². The number of aromatic amines is 1. The first-order valence-corrected chi connectivity index (χ1v) is 5.95. The van der Waals surface area contributed by atoms with E-state index in [4.69, 9.17) is 5.73 Å². The van der Waals surface area contributed by atoms with Crippen molar-refractivity contribution in [3.63, 3.8) is 0 Å². The lowest BCUT2D eigenvalue weighted by Crippen LogP contribution is -2.35. The number of aromatic nitrogens is 2. The predicted molar refractivity (Wildman–Crippen MR) is 57.3 cm³/mol. The van der Waals surface area contributed by atoms with E-state index >= 15 is 0 Å². The average Bonchev–Trinajstić information content (AvgIpc) is 2.48. The lowest BCUT2D eigenvalue weighted by Gasteiger charge is -2.10. The molecule has 0 saturated carbocycles. The zero-order valence-electron chi connectivity index (χ0n) is 8.61. The molecule has 86 valence electrons. The fraction of sp³-hybridized carbons (Fsp3) is 0.571. The van der Waals surface area contributed by atoms with Crippen LogP contribution in [-0.4, -0.2) is 24.7 Å². The van der Waals surface area contributed by atoms with Crippen LogP contribution in [-0.2, 0) is 16.8 Å². The van der Waals surface area contributed by atoms with Crippen molar-refractivity contribution in [1.82, 2.24) is 14.9 Å². The van der Waals surface area contributed by atoms with E-state index in [0.717, 1.165) is 0 Å². The molecule has 1 aromatic rings. The molecule has 1 aromatic heterocycles. The molecule has 0 aliphatic carbocycles. The number of nitrogens with zero attached hydrogens (tertiary/aromatic N) is 1. The molecule has 0 aliphatic heterocycles. The molecule has 0 spiro atoms. The summed E-state index contributed by atoms with van der Waals surface area (Å²) < 4.78 is 27.6. The summed E-state index contributed by atoms with van der Waals surface area (Å²) in [7, 11) is -3.56. The lowest BCUT2D eigenvalue weighted by molar-refractivity contribution is 0.575. The minimum Gasteiger partial charge on any atom is -0.326 e. The number of anilines is 1. The van der Waals surface area contributed by atoms with Gasteiger partial charge < -0.3 is 5.73 Å². The number of rotatable bonds is 5. The van der Waals surface area contributed by atoms with Crippen molar-refractivity contribution in [3.8, 4) is 0 Å². The molecule has 0 aromatic carbocycles. The quantitative estimate of drug-likeness (QED) is 0.550. The summed E-state index contributed by atoms with van der Waals surface area (Å²) in [5, 5.41) is 6.22. The molecule has 0 bridgehead atoms. The highest BCUT2D eigenvalue weighted by molar-refractivity contribution is 7.90. The second kappa shape index (κ2) is 4.60. The molecule has 7 nitrogen and oxygen atoms in total. The molecule has 0 aliphatic rings. The Hall–Kier alpha value is -1.12. The van der Waals surface area contributed by atoms with Gasteiger partial charge in [-0.1, -0.05) is 0 Å². The molecule has 15 heavy (non-hydrogen) atoms. The van der Waals surface area contributed by atoms with Gasteiger partial charge in [0.15, 0.2) is 0 Å². The Labute approximate surface area is 88.6 Å². The van der Waals surface area contributed by atoms with Gasteiger partial charge in [0.25, 0.3) is 10.2 Å². The standard InChI is InChI=1S/C7H15N5O2S/c1-5(2)11-15(13,14)12-7-6(3-8)4-9-10-7/h4-5,11H,3,8H2,1-2H3,(H2,9,10,12). The van der Waals surface area contributed by atoms with Crippen LogP contribution in [0.4, 0.5) is 5.82 Å². The summed E-state index contributed by atoms with van der Waals surface area (Å²) >= 11 is 0. The van der Waals surface area contributed by atoms with Gasteiger partial charge in [-0.15, -0.1) is 0 Å². The second-order valence-corrected chi connectivity index (χ2v) is 4.80. The van der Waals surface area contributed by atoms with Crippen LogP contribution in [0.25, 0.3) is 0 Å².